The van der Waals surface area contributed by atoms with Gasteiger partial charge in [0.1, 0.15) is 0 Å². The zero-order chi connectivity index (χ0) is 15.0. The molecule has 1 fully saturated rings. The number of ether oxygens (including phenoxy) is 3. The minimum absolute atomic E-state index is 0.0891. The zero-order valence-corrected chi connectivity index (χ0v) is 12.9. The van der Waals surface area contributed by atoms with Gasteiger partial charge in [0.2, 0.25) is 0 Å². The summed E-state index contributed by atoms with van der Waals surface area (Å²) in [6, 6.07) is 0. The maximum absolute atomic E-state index is 11.0. The first kappa shape index (κ1) is 17.4. The summed E-state index contributed by atoms with van der Waals surface area (Å²) in [7, 11) is 1.34. The van der Waals surface area contributed by atoms with E-state index < -0.39 is 11.9 Å². The highest BCUT2D eigenvalue weighted by Crippen LogP contribution is 2.28. The first-order valence-electron chi connectivity index (χ1n) is 7.48. The van der Waals surface area contributed by atoms with Crippen LogP contribution in [0.1, 0.15) is 52.4 Å². The zero-order valence-electron chi connectivity index (χ0n) is 12.9. The number of carbonyl (C=O) groups is 1. The molecule has 1 saturated heterocycles. The lowest BCUT2D eigenvalue weighted by Crippen LogP contribution is -2.28. The van der Waals surface area contributed by atoms with E-state index in [0.29, 0.717) is 25.6 Å². The van der Waals surface area contributed by atoms with Crippen molar-refractivity contribution in [3.8, 4) is 0 Å². The molecule has 0 saturated carbocycles. The molecule has 0 unspecified atom stereocenters. The number of methoxy groups -OCH3 is 1. The van der Waals surface area contributed by atoms with Crippen LogP contribution in [0.3, 0.4) is 0 Å². The second kappa shape index (κ2) is 8.60. The molecule has 118 valence electrons. The molecule has 0 aliphatic carbocycles. The van der Waals surface area contributed by atoms with E-state index in [9.17, 15) is 9.90 Å². The van der Waals surface area contributed by atoms with E-state index in [-0.39, 0.29) is 12.4 Å². The lowest BCUT2D eigenvalue weighted by atomic mass is 9.95. The predicted molar refractivity (Wildman–Crippen MR) is 75.2 cm³/mol. The topological polar surface area (TPSA) is 65.0 Å². The van der Waals surface area contributed by atoms with Gasteiger partial charge in [-0.25, -0.2) is 0 Å². The molecule has 1 aliphatic heterocycles. The molecule has 0 aromatic rings. The number of hydrogen-bond donors (Lipinski definition) is 1. The molecule has 1 heterocycles. The Bertz CT molecular complexity index is 286. The van der Waals surface area contributed by atoms with Crippen LogP contribution in [0.15, 0.2) is 0 Å². The van der Waals surface area contributed by atoms with Crippen LogP contribution >= 0.6 is 0 Å². The number of aliphatic hydroxyl groups excluding tert-OH is 1. The van der Waals surface area contributed by atoms with E-state index in [1.807, 2.05) is 6.92 Å². The van der Waals surface area contributed by atoms with Crippen molar-refractivity contribution < 1.29 is 24.1 Å². The van der Waals surface area contributed by atoms with Gasteiger partial charge in [0, 0.05) is 6.42 Å². The van der Waals surface area contributed by atoms with Crippen molar-refractivity contribution in [2.24, 2.45) is 5.92 Å². The van der Waals surface area contributed by atoms with Crippen molar-refractivity contribution in [1.29, 1.82) is 0 Å². The van der Waals surface area contributed by atoms with E-state index >= 15 is 0 Å². The second-order valence-corrected chi connectivity index (χ2v) is 5.86. The van der Waals surface area contributed by atoms with Gasteiger partial charge in [0.05, 0.1) is 32.8 Å². The van der Waals surface area contributed by atoms with Gasteiger partial charge < -0.3 is 19.3 Å². The minimum Gasteiger partial charge on any atom is -0.469 e. The maximum Gasteiger partial charge on any atom is 0.308 e. The predicted octanol–water partition coefficient (Wildman–Crippen LogP) is 2.26. The third-order valence-corrected chi connectivity index (χ3v) is 3.73. The minimum atomic E-state index is -0.586. The third kappa shape index (κ3) is 6.68. The Morgan fingerprint density at radius 3 is 2.50 bits per heavy atom. The summed E-state index contributed by atoms with van der Waals surface area (Å²) in [6.07, 6.45) is 4.08. The van der Waals surface area contributed by atoms with Gasteiger partial charge in [0.25, 0.3) is 0 Å². The monoisotopic (exact) mass is 288 g/mol. The SMILES string of the molecule is COC(=O)C[C@H](O)CCCC[C@@H](C)CC1(C)OCCO1. The largest absolute Gasteiger partial charge is 0.469 e. The first-order chi connectivity index (χ1) is 9.45. The fourth-order valence-corrected chi connectivity index (χ4v) is 2.66. The Hall–Kier alpha value is -0.650. The molecule has 0 bridgehead atoms. The second-order valence-electron chi connectivity index (χ2n) is 5.86. The van der Waals surface area contributed by atoms with E-state index in [0.717, 1.165) is 25.7 Å². The number of carbonyl (C=O) groups excluding carboxylic acids is 1. The molecule has 1 N–H and O–H groups in total. The van der Waals surface area contributed by atoms with Gasteiger partial charge in [-0.2, -0.15) is 0 Å². The Kier molecular flexibility index (Phi) is 7.48. The summed E-state index contributed by atoms with van der Waals surface area (Å²) >= 11 is 0. The summed E-state index contributed by atoms with van der Waals surface area (Å²) in [5.74, 6) is -0.241. The van der Waals surface area contributed by atoms with E-state index in [1.165, 1.54) is 7.11 Å². The van der Waals surface area contributed by atoms with Crippen LogP contribution < -0.4 is 0 Å². The molecule has 0 amide bonds. The molecule has 0 aromatic heterocycles. The van der Waals surface area contributed by atoms with Crippen molar-refractivity contribution >= 4 is 5.97 Å². The van der Waals surface area contributed by atoms with Gasteiger partial charge >= 0.3 is 5.97 Å². The maximum atomic E-state index is 11.0. The van der Waals surface area contributed by atoms with Crippen molar-refractivity contribution in [2.75, 3.05) is 20.3 Å². The molecule has 5 nitrogen and oxygen atoms in total. The molecule has 0 spiro atoms. The number of hydrogen-bond acceptors (Lipinski definition) is 5. The highest BCUT2D eigenvalue weighted by molar-refractivity contribution is 5.69. The van der Waals surface area contributed by atoms with Crippen LogP contribution in [0.25, 0.3) is 0 Å². The molecule has 20 heavy (non-hydrogen) atoms. The Labute approximate surface area is 121 Å². The van der Waals surface area contributed by atoms with Gasteiger partial charge in [-0.3, -0.25) is 4.79 Å². The molecule has 5 heteroatoms. The fraction of sp³-hybridized carbons (Fsp3) is 0.933. The van der Waals surface area contributed by atoms with Crippen LogP contribution in [0.5, 0.6) is 0 Å². The fourth-order valence-electron chi connectivity index (χ4n) is 2.66. The van der Waals surface area contributed by atoms with Crippen molar-refractivity contribution in [2.45, 2.75) is 64.3 Å². The third-order valence-electron chi connectivity index (χ3n) is 3.73. The normalized spacial score (nSPS) is 20.6. The summed E-state index contributed by atoms with van der Waals surface area (Å²) in [6.45, 7) is 5.56. The Morgan fingerprint density at radius 2 is 1.90 bits per heavy atom. The number of rotatable bonds is 9. The lowest BCUT2D eigenvalue weighted by molar-refractivity contribution is -0.154. The smallest absolute Gasteiger partial charge is 0.308 e. The highest BCUT2D eigenvalue weighted by Gasteiger charge is 2.32. The van der Waals surface area contributed by atoms with E-state index in [4.69, 9.17) is 9.47 Å². The molecular formula is C15H28O5. The van der Waals surface area contributed by atoms with Gasteiger partial charge in [-0.15, -0.1) is 0 Å². The quantitative estimate of drug-likeness (QED) is 0.521. The van der Waals surface area contributed by atoms with E-state index in [2.05, 4.69) is 11.7 Å². The Balaban J connectivity index is 2.07. The molecule has 1 aliphatic rings. The van der Waals surface area contributed by atoms with Gasteiger partial charge in [-0.05, 0) is 19.3 Å². The lowest BCUT2D eigenvalue weighted by Gasteiger charge is -2.25. The Morgan fingerprint density at radius 1 is 1.30 bits per heavy atom. The molecule has 0 aromatic carbocycles. The average Bonchev–Trinajstić information content (AvgIpc) is 2.80. The van der Waals surface area contributed by atoms with E-state index in [1.54, 1.807) is 0 Å². The van der Waals surface area contributed by atoms with Crippen molar-refractivity contribution in [1.82, 2.24) is 0 Å². The van der Waals surface area contributed by atoms with Crippen LogP contribution in [0, 0.1) is 5.92 Å². The van der Waals surface area contributed by atoms with Crippen LogP contribution in [0.2, 0.25) is 0 Å². The number of unbranched alkanes of at least 4 members (excludes halogenated alkanes) is 1. The van der Waals surface area contributed by atoms with Crippen LogP contribution in [-0.4, -0.2) is 43.3 Å². The standard InChI is InChI=1S/C15H28O5/c1-12(11-15(2)19-8-9-20-15)6-4-5-7-13(16)10-14(17)18-3/h12-13,16H,4-11H2,1-3H3/t12-,13-/m1/s1. The summed E-state index contributed by atoms with van der Waals surface area (Å²) in [5.41, 5.74) is 0. The van der Waals surface area contributed by atoms with Gasteiger partial charge in [-0.1, -0.05) is 26.2 Å². The number of esters is 1. The molecular weight excluding hydrogens is 260 g/mol. The van der Waals surface area contributed by atoms with Gasteiger partial charge in [0.15, 0.2) is 5.79 Å². The van der Waals surface area contributed by atoms with Crippen LogP contribution in [-0.2, 0) is 19.0 Å². The van der Waals surface area contributed by atoms with Crippen molar-refractivity contribution in [3.05, 3.63) is 0 Å². The summed E-state index contributed by atoms with van der Waals surface area (Å²) < 4.78 is 15.7. The summed E-state index contributed by atoms with van der Waals surface area (Å²) in [5, 5.41) is 9.65. The highest BCUT2D eigenvalue weighted by atomic mass is 16.7. The van der Waals surface area contributed by atoms with Crippen molar-refractivity contribution in [3.63, 3.8) is 0 Å². The first-order valence-corrected chi connectivity index (χ1v) is 7.48. The molecule has 2 atom stereocenters. The molecule has 1 rings (SSSR count). The number of aliphatic hydroxyl groups is 1. The van der Waals surface area contributed by atoms with Crippen LogP contribution in [0.4, 0.5) is 0 Å². The summed E-state index contributed by atoms with van der Waals surface area (Å²) in [4.78, 5) is 11.0. The average molecular weight is 288 g/mol. The molecule has 0 radical (unpaired) electrons.